The average molecular weight is 594 g/mol. The summed E-state index contributed by atoms with van der Waals surface area (Å²) in [7, 11) is 0. The third-order valence-electron chi connectivity index (χ3n) is 6.89. The van der Waals surface area contributed by atoms with Crippen LogP contribution >= 0.6 is 0 Å². The van der Waals surface area contributed by atoms with Gasteiger partial charge >= 0.3 is 6.09 Å². The number of aromatic nitrogens is 3. The number of carbonyl (C=O) groups excluding carboxylic acids is 3. The molecule has 0 radical (unpaired) electrons. The van der Waals surface area contributed by atoms with Gasteiger partial charge in [-0.1, -0.05) is 12.1 Å². The molecule has 0 bridgehead atoms. The van der Waals surface area contributed by atoms with Crippen LogP contribution in [0.1, 0.15) is 60.1 Å². The fourth-order valence-electron chi connectivity index (χ4n) is 5.00. The SMILES string of the molecule is C[C@H](Oc1cc2cc(F)ccc2nc1N1C(=O)c2ccccc2C1=O)c1cc(NC(=O)OC(C)(C)C)ccc1-n1cccn1. The predicted octanol–water partition coefficient (Wildman–Crippen LogP) is 6.85. The summed E-state index contributed by atoms with van der Waals surface area (Å²) >= 11 is 0. The van der Waals surface area contributed by atoms with E-state index < -0.39 is 35.4 Å². The molecule has 1 N–H and O–H groups in total. The molecule has 10 nitrogen and oxygen atoms in total. The topological polar surface area (TPSA) is 116 Å². The molecule has 0 spiro atoms. The number of halogens is 1. The molecule has 0 unspecified atom stereocenters. The lowest BCUT2D eigenvalue weighted by Gasteiger charge is -2.24. The first kappa shape index (κ1) is 28.5. The molecule has 5 aromatic rings. The fraction of sp³-hybridized carbons (Fsp3) is 0.182. The Balaban J connectivity index is 1.42. The van der Waals surface area contributed by atoms with Crippen LogP contribution in [0.5, 0.6) is 5.75 Å². The summed E-state index contributed by atoms with van der Waals surface area (Å²) in [5.74, 6) is -1.50. The van der Waals surface area contributed by atoms with Crippen LogP contribution in [0.25, 0.3) is 16.6 Å². The molecule has 0 fully saturated rings. The number of pyridine rings is 1. The predicted molar refractivity (Wildman–Crippen MR) is 162 cm³/mol. The lowest BCUT2D eigenvalue weighted by atomic mass is 10.1. The van der Waals surface area contributed by atoms with Crippen LogP contribution in [0.4, 0.5) is 20.7 Å². The largest absolute Gasteiger partial charge is 0.482 e. The van der Waals surface area contributed by atoms with Gasteiger partial charge in [0.05, 0.1) is 22.3 Å². The Morgan fingerprint density at radius 1 is 0.955 bits per heavy atom. The number of benzene rings is 3. The van der Waals surface area contributed by atoms with Gasteiger partial charge in [-0.3, -0.25) is 14.9 Å². The van der Waals surface area contributed by atoms with E-state index in [4.69, 9.17) is 9.47 Å². The van der Waals surface area contributed by atoms with E-state index in [1.54, 1.807) is 99.4 Å². The van der Waals surface area contributed by atoms with Crippen molar-refractivity contribution in [2.24, 2.45) is 0 Å². The number of fused-ring (bicyclic) bond motifs is 2. The molecule has 3 aromatic carbocycles. The third-order valence-corrected chi connectivity index (χ3v) is 6.89. The van der Waals surface area contributed by atoms with Crippen molar-refractivity contribution in [3.63, 3.8) is 0 Å². The number of ether oxygens (including phenoxy) is 2. The van der Waals surface area contributed by atoms with Crippen molar-refractivity contribution in [2.45, 2.75) is 39.4 Å². The summed E-state index contributed by atoms with van der Waals surface area (Å²) in [6.45, 7) is 7.07. The molecule has 11 heteroatoms. The Morgan fingerprint density at radius 2 is 1.68 bits per heavy atom. The van der Waals surface area contributed by atoms with Crippen molar-refractivity contribution in [3.05, 3.63) is 108 Å². The molecule has 3 heterocycles. The molecule has 3 amide bonds. The normalized spacial score (nSPS) is 13.6. The Hall–Kier alpha value is -5.58. The molecule has 0 saturated carbocycles. The van der Waals surface area contributed by atoms with Gasteiger partial charge in [-0.15, -0.1) is 0 Å². The third kappa shape index (κ3) is 5.47. The van der Waals surface area contributed by atoms with E-state index in [1.807, 2.05) is 0 Å². The highest BCUT2D eigenvalue weighted by Crippen LogP contribution is 2.39. The van der Waals surface area contributed by atoms with Gasteiger partial charge in [-0.25, -0.2) is 23.8 Å². The van der Waals surface area contributed by atoms with E-state index >= 15 is 0 Å². The van der Waals surface area contributed by atoms with Gasteiger partial charge in [0, 0.05) is 29.0 Å². The summed E-state index contributed by atoms with van der Waals surface area (Å²) in [6, 6.07) is 19.1. The maximum absolute atomic E-state index is 14.2. The van der Waals surface area contributed by atoms with Gasteiger partial charge in [0.15, 0.2) is 11.6 Å². The van der Waals surface area contributed by atoms with Crippen molar-refractivity contribution in [1.82, 2.24) is 14.8 Å². The molecule has 6 rings (SSSR count). The molecule has 44 heavy (non-hydrogen) atoms. The molecular formula is C33H28FN5O5. The van der Waals surface area contributed by atoms with Crippen LogP contribution in [-0.2, 0) is 4.74 Å². The van der Waals surface area contributed by atoms with E-state index in [0.29, 0.717) is 27.8 Å². The average Bonchev–Trinajstić information content (AvgIpc) is 3.59. The summed E-state index contributed by atoms with van der Waals surface area (Å²) in [4.78, 5) is 45.0. The zero-order valence-corrected chi connectivity index (χ0v) is 24.4. The Labute approximate surface area is 252 Å². The lowest BCUT2D eigenvalue weighted by molar-refractivity contribution is 0.0635. The first-order valence-electron chi connectivity index (χ1n) is 13.9. The number of nitrogens with one attached hydrogen (secondary N) is 1. The summed E-state index contributed by atoms with van der Waals surface area (Å²) < 4.78 is 27.7. The van der Waals surface area contributed by atoms with Gasteiger partial charge in [-0.2, -0.15) is 5.10 Å². The first-order valence-corrected chi connectivity index (χ1v) is 13.9. The van der Waals surface area contributed by atoms with Crippen molar-refractivity contribution in [2.75, 3.05) is 10.2 Å². The molecule has 0 saturated heterocycles. The van der Waals surface area contributed by atoms with E-state index in [0.717, 1.165) is 4.90 Å². The number of rotatable bonds is 6. The van der Waals surface area contributed by atoms with Crippen LogP contribution in [0.15, 0.2) is 85.2 Å². The highest BCUT2D eigenvalue weighted by molar-refractivity contribution is 6.34. The first-order chi connectivity index (χ1) is 21.0. The number of anilines is 2. The maximum Gasteiger partial charge on any atom is 0.412 e. The molecule has 1 atom stereocenters. The van der Waals surface area contributed by atoms with E-state index in [1.165, 1.54) is 18.2 Å². The highest BCUT2D eigenvalue weighted by atomic mass is 19.1. The number of nitrogens with zero attached hydrogens (tertiary/aromatic N) is 4. The van der Waals surface area contributed by atoms with Crippen molar-refractivity contribution in [3.8, 4) is 11.4 Å². The standard InChI is InChI=1S/C33H28FN5O5/c1-19(25-18-22(36-32(42)44-33(2,3)4)11-13-27(25)38-15-7-14-35-38)43-28-17-20-16-21(34)10-12-26(20)37-29(28)39-30(40)23-8-5-6-9-24(23)31(39)41/h5-19H,1-4H3,(H,36,42)/t19-/m0/s1. The minimum atomic E-state index is -0.740. The van der Waals surface area contributed by atoms with E-state index in [2.05, 4.69) is 15.4 Å². The minimum absolute atomic E-state index is 0.0224. The fourth-order valence-corrected chi connectivity index (χ4v) is 5.00. The monoisotopic (exact) mass is 593 g/mol. The van der Waals surface area contributed by atoms with E-state index in [-0.39, 0.29) is 22.7 Å². The van der Waals surface area contributed by atoms with Crippen LogP contribution in [0, 0.1) is 5.82 Å². The summed E-state index contributed by atoms with van der Waals surface area (Å²) in [5, 5.41) is 7.50. The Morgan fingerprint density at radius 3 is 2.34 bits per heavy atom. The molecule has 1 aliphatic rings. The van der Waals surface area contributed by atoms with Gasteiger partial charge in [0.1, 0.15) is 17.5 Å². The van der Waals surface area contributed by atoms with Gasteiger partial charge < -0.3 is 9.47 Å². The number of amides is 3. The second kappa shape index (κ2) is 10.9. The van der Waals surface area contributed by atoms with Crippen molar-refractivity contribution < 1.29 is 28.2 Å². The van der Waals surface area contributed by atoms with Crippen molar-refractivity contribution in [1.29, 1.82) is 0 Å². The molecular weight excluding hydrogens is 565 g/mol. The van der Waals surface area contributed by atoms with Crippen LogP contribution < -0.4 is 15.0 Å². The zero-order valence-electron chi connectivity index (χ0n) is 24.4. The smallest absolute Gasteiger partial charge is 0.412 e. The zero-order chi connectivity index (χ0) is 31.2. The Bertz CT molecular complexity index is 1900. The van der Waals surface area contributed by atoms with Crippen LogP contribution in [0.3, 0.4) is 0 Å². The quantitative estimate of drug-likeness (QED) is 0.214. The van der Waals surface area contributed by atoms with Gasteiger partial charge in [0.25, 0.3) is 11.8 Å². The number of carbonyl (C=O) groups is 3. The van der Waals surface area contributed by atoms with Gasteiger partial charge in [0.2, 0.25) is 0 Å². The van der Waals surface area contributed by atoms with Crippen LogP contribution in [0.2, 0.25) is 0 Å². The highest BCUT2D eigenvalue weighted by Gasteiger charge is 2.39. The lowest BCUT2D eigenvalue weighted by Crippen LogP contribution is -2.31. The van der Waals surface area contributed by atoms with Crippen LogP contribution in [-0.4, -0.2) is 38.3 Å². The molecule has 1 aliphatic heterocycles. The molecule has 222 valence electrons. The Kier molecular flexibility index (Phi) is 7.08. The van der Waals surface area contributed by atoms with Crippen molar-refractivity contribution >= 4 is 40.3 Å². The van der Waals surface area contributed by atoms with Gasteiger partial charge in [-0.05, 0) is 88.4 Å². The summed E-state index contributed by atoms with van der Waals surface area (Å²) in [5.41, 5.74) is 1.88. The number of hydrogen-bond donors (Lipinski definition) is 1. The molecule has 2 aromatic heterocycles. The molecule has 0 aliphatic carbocycles. The second-order valence-electron chi connectivity index (χ2n) is 11.2. The van der Waals surface area contributed by atoms with E-state index in [9.17, 15) is 18.8 Å². The number of imide groups is 1. The second-order valence-corrected chi connectivity index (χ2v) is 11.2. The minimum Gasteiger partial charge on any atom is -0.482 e. The summed E-state index contributed by atoms with van der Waals surface area (Å²) in [6.07, 6.45) is 2.02. The maximum atomic E-state index is 14.2. The number of hydrogen-bond acceptors (Lipinski definition) is 7.